The van der Waals surface area contributed by atoms with E-state index in [1.54, 1.807) is 0 Å². The molecule has 2 atom stereocenters. The number of carbonyl (C=O) groups is 1. The summed E-state index contributed by atoms with van der Waals surface area (Å²) in [5.74, 6) is -0.620. The van der Waals surface area contributed by atoms with Crippen LogP contribution in [0.25, 0.3) is 0 Å². The molecular weight excluding hydrogens is 260 g/mol. The topological polar surface area (TPSA) is 83.7 Å². The van der Waals surface area contributed by atoms with Gasteiger partial charge in [-0.1, -0.05) is 6.92 Å². The van der Waals surface area contributed by atoms with E-state index in [9.17, 15) is 20.0 Å². The van der Waals surface area contributed by atoms with Crippen LogP contribution in [0.4, 0.5) is 11.4 Å². The third-order valence-corrected chi connectivity index (χ3v) is 4.11. The van der Waals surface area contributed by atoms with E-state index in [0.29, 0.717) is 11.6 Å². The smallest absolute Gasteiger partial charge is 0.337 e. The summed E-state index contributed by atoms with van der Waals surface area (Å²) in [4.78, 5) is 23.7. The summed E-state index contributed by atoms with van der Waals surface area (Å²) in [5, 5.41) is 20.2. The van der Waals surface area contributed by atoms with Gasteiger partial charge in [-0.2, -0.15) is 0 Å². The van der Waals surface area contributed by atoms with Crippen LogP contribution in [0.3, 0.4) is 0 Å². The summed E-state index contributed by atoms with van der Waals surface area (Å²) in [6, 6.07) is 4.11. The Morgan fingerprint density at radius 3 is 2.75 bits per heavy atom. The van der Waals surface area contributed by atoms with Gasteiger partial charge in [0.25, 0.3) is 5.69 Å². The van der Waals surface area contributed by atoms with Gasteiger partial charge in [0.1, 0.15) is 0 Å². The van der Waals surface area contributed by atoms with Crippen molar-refractivity contribution in [2.75, 3.05) is 11.4 Å². The lowest BCUT2D eigenvalue weighted by Crippen LogP contribution is -2.43. The second-order valence-corrected chi connectivity index (χ2v) is 5.32. The van der Waals surface area contributed by atoms with Crippen LogP contribution in [0.1, 0.15) is 37.0 Å². The van der Waals surface area contributed by atoms with Crippen LogP contribution in [-0.4, -0.2) is 28.6 Å². The van der Waals surface area contributed by atoms with Crippen LogP contribution < -0.4 is 4.90 Å². The van der Waals surface area contributed by atoms with E-state index in [1.165, 1.54) is 18.2 Å². The van der Waals surface area contributed by atoms with E-state index < -0.39 is 10.9 Å². The van der Waals surface area contributed by atoms with Gasteiger partial charge in [-0.25, -0.2) is 4.79 Å². The number of hydrogen-bond donors (Lipinski definition) is 1. The van der Waals surface area contributed by atoms with Crippen molar-refractivity contribution in [3.05, 3.63) is 33.9 Å². The van der Waals surface area contributed by atoms with Gasteiger partial charge in [-0.3, -0.25) is 10.1 Å². The lowest BCUT2D eigenvalue weighted by Gasteiger charge is -2.40. The summed E-state index contributed by atoms with van der Waals surface area (Å²) in [5.41, 5.74) is 0.498. The van der Waals surface area contributed by atoms with Gasteiger partial charge >= 0.3 is 5.97 Å². The summed E-state index contributed by atoms with van der Waals surface area (Å²) in [6.45, 7) is 4.88. The summed E-state index contributed by atoms with van der Waals surface area (Å²) in [6.07, 6.45) is 2.06. The number of anilines is 1. The fraction of sp³-hybridized carbons (Fsp3) is 0.500. The number of carboxylic acid groups (broad SMARTS) is 1. The van der Waals surface area contributed by atoms with Crippen molar-refractivity contribution in [1.29, 1.82) is 0 Å². The van der Waals surface area contributed by atoms with E-state index in [0.717, 1.165) is 19.4 Å². The van der Waals surface area contributed by atoms with E-state index in [-0.39, 0.29) is 17.3 Å². The molecule has 20 heavy (non-hydrogen) atoms. The number of rotatable bonds is 3. The number of piperidine rings is 1. The van der Waals surface area contributed by atoms with E-state index >= 15 is 0 Å². The molecule has 0 spiro atoms. The Bertz CT molecular complexity index is 544. The molecule has 1 aromatic rings. The number of nitro benzene ring substituents is 1. The quantitative estimate of drug-likeness (QED) is 0.679. The van der Waals surface area contributed by atoms with Crippen LogP contribution in [0, 0.1) is 16.0 Å². The number of benzene rings is 1. The molecule has 0 amide bonds. The first-order valence-corrected chi connectivity index (χ1v) is 6.70. The van der Waals surface area contributed by atoms with Gasteiger partial charge in [-0.15, -0.1) is 0 Å². The van der Waals surface area contributed by atoms with Gasteiger partial charge in [0, 0.05) is 24.7 Å². The molecule has 1 fully saturated rings. The fourth-order valence-corrected chi connectivity index (χ4v) is 2.73. The van der Waals surface area contributed by atoms with Crippen molar-refractivity contribution in [3.63, 3.8) is 0 Å². The first-order chi connectivity index (χ1) is 9.41. The number of non-ortho nitro benzene ring substituents is 1. The molecule has 2 unspecified atom stereocenters. The molecule has 1 aliphatic heterocycles. The van der Waals surface area contributed by atoms with Crippen LogP contribution >= 0.6 is 0 Å². The SMILES string of the molecule is CC1CCCN(c2cc([N+](=O)[O-])ccc2C(=O)O)C1C. The molecule has 0 aromatic heterocycles. The first kappa shape index (κ1) is 14.3. The number of nitro groups is 1. The Kier molecular flexibility index (Phi) is 3.92. The maximum Gasteiger partial charge on any atom is 0.337 e. The molecule has 1 N–H and O–H groups in total. The normalized spacial score (nSPS) is 22.6. The Balaban J connectivity index is 2.49. The summed E-state index contributed by atoms with van der Waals surface area (Å²) >= 11 is 0. The maximum atomic E-state index is 11.3. The van der Waals surface area contributed by atoms with Crippen molar-refractivity contribution in [2.45, 2.75) is 32.7 Å². The lowest BCUT2D eigenvalue weighted by molar-refractivity contribution is -0.384. The molecule has 0 bridgehead atoms. The van der Waals surface area contributed by atoms with Crippen LogP contribution in [0.5, 0.6) is 0 Å². The molecule has 0 aliphatic carbocycles. The van der Waals surface area contributed by atoms with Crippen molar-refractivity contribution in [3.8, 4) is 0 Å². The number of carboxylic acids is 1. The molecule has 6 heteroatoms. The van der Waals surface area contributed by atoms with Gasteiger partial charge in [0.2, 0.25) is 0 Å². The number of aromatic carboxylic acids is 1. The standard InChI is InChI=1S/C14H18N2O4/c1-9-4-3-7-15(10(9)2)13-8-11(16(19)20)5-6-12(13)14(17)18/h5-6,8-10H,3-4,7H2,1-2H3,(H,17,18). The molecule has 0 radical (unpaired) electrons. The second kappa shape index (κ2) is 5.48. The van der Waals surface area contributed by atoms with E-state index in [2.05, 4.69) is 6.92 Å². The number of hydrogen-bond acceptors (Lipinski definition) is 4. The van der Waals surface area contributed by atoms with Gasteiger partial charge in [0.05, 0.1) is 16.2 Å². The predicted molar refractivity (Wildman–Crippen MR) is 75.3 cm³/mol. The summed E-state index contributed by atoms with van der Waals surface area (Å²) in [7, 11) is 0. The lowest BCUT2D eigenvalue weighted by atomic mass is 9.91. The third-order valence-electron chi connectivity index (χ3n) is 4.11. The van der Waals surface area contributed by atoms with Crippen LogP contribution in [0.2, 0.25) is 0 Å². The number of nitrogens with zero attached hydrogens (tertiary/aromatic N) is 2. The molecule has 1 heterocycles. The van der Waals surface area contributed by atoms with E-state index in [4.69, 9.17) is 0 Å². The molecule has 6 nitrogen and oxygen atoms in total. The zero-order valence-electron chi connectivity index (χ0n) is 11.6. The van der Waals surface area contributed by atoms with Crippen molar-refractivity contribution < 1.29 is 14.8 Å². The molecular formula is C14H18N2O4. The second-order valence-electron chi connectivity index (χ2n) is 5.32. The monoisotopic (exact) mass is 278 g/mol. The highest BCUT2D eigenvalue weighted by atomic mass is 16.6. The fourth-order valence-electron chi connectivity index (χ4n) is 2.73. The highest BCUT2D eigenvalue weighted by molar-refractivity contribution is 5.95. The van der Waals surface area contributed by atoms with Gasteiger partial charge < -0.3 is 10.0 Å². The minimum absolute atomic E-state index is 0.0737. The van der Waals surface area contributed by atoms with E-state index in [1.807, 2.05) is 11.8 Å². The molecule has 2 rings (SSSR count). The Hall–Kier alpha value is -2.11. The van der Waals surface area contributed by atoms with Crippen LogP contribution in [0.15, 0.2) is 18.2 Å². The minimum atomic E-state index is -1.06. The molecule has 1 aromatic carbocycles. The van der Waals surface area contributed by atoms with Gasteiger partial charge in [-0.05, 0) is 31.7 Å². The highest BCUT2D eigenvalue weighted by Crippen LogP contribution is 2.33. The molecule has 1 saturated heterocycles. The van der Waals surface area contributed by atoms with Gasteiger partial charge in [0.15, 0.2) is 0 Å². The third kappa shape index (κ3) is 2.59. The average molecular weight is 278 g/mol. The van der Waals surface area contributed by atoms with Crippen molar-refractivity contribution in [1.82, 2.24) is 0 Å². The predicted octanol–water partition coefficient (Wildman–Crippen LogP) is 2.92. The Morgan fingerprint density at radius 1 is 1.45 bits per heavy atom. The van der Waals surface area contributed by atoms with Crippen LogP contribution in [-0.2, 0) is 0 Å². The molecule has 108 valence electrons. The maximum absolute atomic E-state index is 11.3. The van der Waals surface area contributed by atoms with Crippen molar-refractivity contribution in [2.24, 2.45) is 5.92 Å². The minimum Gasteiger partial charge on any atom is -0.478 e. The zero-order valence-corrected chi connectivity index (χ0v) is 11.6. The Morgan fingerprint density at radius 2 is 2.15 bits per heavy atom. The highest BCUT2D eigenvalue weighted by Gasteiger charge is 2.29. The first-order valence-electron chi connectivity index (χ1n) is 6.70. The Labute approximate surface area is 117 Å². The molecule has 1 aliphatic rings. The summed E-state index contributed by atoms with van der Waals surface area (Å²) < 4.78 is 0. The zero-order chi connectivity index (χ0) is 14.9. The molecule has 0 saturated carbocycles. The van der Waals surface area contributed by atoms with Crippen molar-refractivity contribution >= 4 is 17.3 Å². The average Bonchev–Trinajstić information content (AvgIpc) is 2.41. The largest absolute Gasteiger partial charge is 0.478 e.